The van der Waals surface area contributed by atoms with Crippen LogP contribution < -0.4 is 5.32 Å². The van der Waals surface area contributed by atoms with Gasteiger partial charge in [-0.3, -0.25) is 4.90 Å². The fourth-order valence-corrected chi connectivity index (χ4v) is 3.53. The van der Waals surface area contributed by atoms with Crippen molar-refractivity contribution in [2.45, 2.75) is 13.5 Å². The number of hydrogen-bond donors (Lipinski definition) is 1. The van der Waals surface area contributed by atoms with Crippen molar-refractivity contribution < 1.29 is 4.79 Å². The Kier molecular flexibility index (Phi) is 5.84. The molecule has 3 rings (SSSR count). The minimum atomic E-state index is -0.117. The Hall–Kier alpha value is -1.75. The first kappa shape index (κ1) is 18.1. The zero-order chi connectivity index (χ0) is 17.8. The summed E-state index contributed by atoms with van der Waals surface area (Å²) < 4.78 is 0. The second-order valence-corrected chi connectivity index (χ2v) is 7.21. The van der Waals surface area contributed by atoms with Crippen LogP contribution >= 0.6 is 23.2 Å². The van der Waals surface area contributed by atoms with Crippen molar-refractivity contribution in [3.63, 3.8) is 0 Å². The second kappa shape index (κ2) is 8.09. The van der Waals surface area contributed by atoms with Gasteiger partial charge in [-0.15, -0.1) is 0 Å². The van der Waals surface area contributed by atoms with E-state index in [2.05, 4.69) is 41.4 Å². The highest BCUT2D eigenvalue weighted by Crippen LogP contribution is 2.23. The Morgan fingerprint density at radius 3 is 2.36 bits per heavy atom. The molecule has 0 aromatic heterocycles. The fourth-order valence-electron chi connectivity index (χ4n) is 3.01. The lowest BCUT2D eigenvalue weighted by molar-refractivity contribution is 0.143. The normalized spacial score (nSPS) is 15.2. The molecular weight excluding hydrogens is 357 g/mol. The standard InChI is InChI=1S/C19H21Cl2N3O/c1-14-3-2-4-15(9-14)13-23-5-7-24(8-6-23)19(25)22-18-11-16(20)10-17(21)12-18/h2-4,9-12H,5-8,13H2,1H3,(H,22,25). The number of nitrogens with zero attached hydrogens (tertiary/aromatic N) is 2. The molecule has 25 heavy (non-hydrogen) atoms. The van der Waals surface area contributed by atoms with Crippen LogP contribution in [0.2, 0.25) is 10.0 Å². The van der Waals surface area contributed by atoms with Gasteiger partial charge in [-0.25, -0.2) is 4.79 Å². The van der Waals surface area contributed by atoms with Gasteiger partial charge in [-0.2, -0.15) is 0 Å². The third kappa shape index (κ3) is 5.11. The monoisotopic (exact) mass is 377 g/mol. The minimum Gasteiger partial charge on any atom is -0.322 e. The Morgan fingerprint density at radius 2 is 1.72 bits per heavy atom. The SMILES string of the molecule is Cc1cccc(CN2CCN(C(=O)Nc3cc(Cl)cc(Cl)c3)CC2)c1. The van der Waals surface area contributed by atoms with Crippen molar-refractivity contribution in [1.82, 2.24) is 9.80 Å². The molecule has 1 aliphatic heterocycles. The Bertz CT molecular complexity index is 738. The molecule has 0 unspecified atom stereocenters. The molecule has 2 amide bonds. The van der Waals surface area contributed by atoms with Crippen molar-refractivity contribution in [3.05, 3.63) is 63.6 Å². The summed E-state index contributed by atoms with van der Waals surface area (Å²) >= 11 is 11.9. The lowest BCUT2D eigenvalue weighted by atomic mass is 10.1. The average molecular weight is 378 g/mol. The number of piperazine rings is 1. The Balaban J connectivity index is 1.52. The summed E-state index contributed by atoms with van der Waals surface area (Å²) in [5.74, 6) is 0. The molecule has 2 aromatic rings. The number of anilines is 1. The number of amides is 2. The molecule has 1 saturated heterocycles. The molecular formula is C19H21Cl2N3O. The Morgan fingerprint density at radius 1 is 1.04 bits per heavy atom. The summed E-state index contributed by atoms with van der Waals surface area (Å²) in [5, 5.41) is 3.88. The molecule has 0 bridgehead atoms. The topological polar surface area (TPSA) is 35.6 Å². The first-order valence-corrected chi connectivity index (χ1v) is 9.05. The van der Waals surface area contributed by atoms with Crippen LogP contribution in [0.3, 0.4) is 0 Å². The van der Waals surface area contributed by atoms with Crippen molar-refractivity contribution >= 4 is 34.9 Å². The van der Waals surface area contributed by atoms with Crippen LogP contribution in [0.1, 0.15) is 11.1 Å². The van der Waals surface area contributed by atoms with Gasteiger partial charge < -0.3 is 10.2 Å². The highest BCUT2D eigenvalue weighted by molar-refractivity contribution is 6.35. The van der Waals surface area contributed by atoms with E-state index in [0.29, 0.717) is 28.8 Å². The van der Waals surface area contributed by atoms with Crippen molar-refractivity contribution in [1.29, 1.82) is 0 Å². The van der Waals surface area contributed by atoms with Gasteiger partial charge in [-0.05, 0) is 30.7 Å². The lowest BCUT2D eigenvalue weighted by Gasteiger charge is -2.34. The summed E-state index contributed by atoms with van der Waals surface area (Å²) in [6.45, 7) is 6.14. The molecule has 0 spiro atoms. The van der Waals surface area contributed by atoms with E-state index in [0.717, 1.165) is 19.6 Å². The van der Waals surface area contributed by atoms with Crippen LogP contribution in [0.15, 0.2) is 42.5 Å². The molecule has 0 aliphatic carbocycles. The predicted octanol–water partition coefficient (Wildman–Crippen LogP) is 4.65. The highest BCUT2D eigenvalue weighted by Gasteiger charge is 2.21. The minimum absolute atomic E-state index is 0.117. The van der Waals surface area contributed by atoms with Crippen LogP contribution in [0.5, 0.6) is 0 Å². The number of aryl methyl sites for hydroxylation is 1. The van der Waals surface area contributed by atoms with Gasteiger partial charge in [0.2, 0.25) is 0 Å². The first-order valence-electron chi connectivity index (χ1n) is 8.29. The van der Waals surface area contributed by atoms with E-state index in [9.17, 15) is 4.79 Å². The lowest BCUT2D eigenvalue weighted by Crippen LogP contribution is -2.49. The van der Waals surface area contributed by atoms with E-state index in [4.69, 9.17) is 23.2 Å². The van der Waals surface area contributed by atoms with Crippen molar-refractivity contribution in [3.8, 4) is 0 Å². The quantitative estimate of drug-likeness (QED) is 0.844. The molecule has 1 aliphatic rings. The van der Waals surface area contributed by atoms with Crippen LogP contribution in [-0.4, -0.2) is 42.0 Å². The molecule has 0 atom stereocenters. The van der Waals surface area contributed by atoms with Crippen LogP contribution in [0.4, 0.5) is 10.5 Å². The van der Waals surface area contributed by atoms with E-state index >= 15 is 0 Å². The van der Waals surface area contributed by atoms with Gasteiger partial charge in [0, 0.05) is 48.5 Å². The summed E-state index contributed by atoms with van der Waals surface area (Å²) in [7, 11) is 0. The molecule has 1 N–H and O–H groups in total. The number of urea groups is 1. The van der Waals surface area contributed by atoms with Crippen LogP contribution in [0, 0.1) is 6.92 Å². The number of carbonyl (C=O) groups is 1. The summed E-state index contributed by atoms with van der Waals surface area (Å²) in [4.78, 5) is 16.6. The third-order valence-electron chi connectivity index (χ3n) is 4.26. The highest BCUT2D eigenvalue weighted by atomic mass is 35.5. The van der Waals surface area contributed by atoms with Crippen molar-refractivity contribution in [2.75, 3.05) is 31.5 Å². The van der Waals surface area contributed by atoms with E-state index in [1.54, 1.807) is 18.2 Å². The maximum atomic E-state index is 12.4. The molecule has 4 nitrogen and oxygen atoms in total. The predicted molar refractivity (Wildman–Crippen MR) is 104 cm³/mol. The van der Waals surface area contributed by atoms with Gasteiger partial charge in [0.05, 0.1) is 0 Å². The number of hydrogen-bond acceptors (Lipinski definition) is 2. The number of benzene rings is 2. The average Bonchev–Trinajstić information content (AvgIpc) is 2.54. The number of halogens is 2. The molecule has 1 heterocycles. The maximum absolute atomic E-state index is 12.4. The summed E-state index contributed by atoms with van der Waals surface area (Å²) in [5.41, 5.74) is 3.20. The number of carbonyl (C=O) groups excluding carboxylic acids is 1. The van der Waals surface area contributed by atoms with Gasteiger partial charge in [0.1, 0.15) is 0 Å². The molecule has 1 fully saturated rings. The van der Waals surface area contributed by atoms with Gasteiger partial charge in [0.25, 0.3) is 0 Å². The summed E-state index contributed by atoms with van der Waals surface area (Å²) in [6.07, 6.45) is 0. The largest absolute Gasteiger partial charge is 0.322 e. The van der Waals surface area contributed by atoms with Crippen LogP contribution in [-0.2, 0) is 6.54 Å². The number of nitrogens with one attached hydrogen (secondary N) is 1. The molecule has 132 valence electrons. The fraction of sp³-hybridized carbons (Fsp3) is 0.316. The van der Waals surface area contributed by atoms with Gasteiger partial charge in [-0.1, -0.05) is 53.0 Å². The van der Waals surface area contributed by atoms with E-state index in [-0.39, 0.29) is 6.03 Å². The zero-order valence-electron chi connectivity index (χ0n) is 14.1. The molecule has 0 saturated carbocycles. The van der Waals surface area contributed by atoms with E-state index < -0.39 is 0 Å². The third-order valence-corrected chi connectivity index (χ3v) is 4.70. The smallest absolute Gasteiger partial charge is 0.321 e. The van der Waals surface area contributed by atoms with E-state index in [1.165, 1.54) is 11.1 Å². The number of rotatable bonds is 3. The van der Waals surface area contributed by atoms with Crippen LogP contribution in [0.25, 0.3) is 0 Å². The Labute approximate surface area is 158 Å². The van der Waals surface area contributed by atoms with Gasteiger partial charge in [0.15, 0.2) is 0 Å². The summed E-state index contributed by atoms with van der Waals surface area (Å²) in [6, 6.07) is 13.5. The molecule has 0 radical (unpaired) electrons. The molecule has 2 aromatic carbocycles. The van der Waals surface area contributed by atoms with Gasteiger partial charge >= 0.3 is 6.03 Å². The molecule has 6 heteroatoms. The zero-order valence-corrected chi connectivity index (χ0v) is 15.6. The maximum Gasteiger partial charge on any atom is 0.321 e. The van der Waals surface area contributed by atoms with Crippen molar-refractivity contribution in [2.24, 2.45) is 0 Å². The van der Waals surface area contributed by atoms with E-state index in [1.807, 2.05) is 4.90 Å². The first-order chi connectivity index (χ1) is 12.0. The second-order valence-electron chi connectivity index (χ2n) is 6.34.